The summed E-state index contributed by atoms with van der Waals surface area (Å²) in [6.45, 7) is 6.78. The molecule has 3 rings (SSSR count). The normalized spacial score (nSPS) is 16.8. The smallest absolute Gasteiger partial charge is 0.191 e. The topological polar surface area (TPSA) is 66.6 Å². The molecule has 0 unspecified atom stereocenters. The third kappa shape index (κ3) is 4.58. The molecular formula is C17H27IN6. The highest BCUT2D eigenvalue weighted by Crippen LogP contribution is 2.36. The highest BCUT2D eigenvalue weighted by molar-refractivity contribution is 14.0. The Morgan fingerprint density at radius 1 is 1.25 bits per heavy atom. The molecule has 2 N–H and O–H groups in total. The van der Waals surface area contributed by atoms with E-state index in [0.29, 0.717) is 12.0 Å². The van der Waals surface area contributed by atoms with Crippen molar-refractivity contribution in [1.29, 1.82) is 0 Å². The van der Waals surface area contributed by atoms with Crippen LogP contribution in [0.2, 0.25) is 0 Å². The van der Waals surface area contributed by atoms with E-state index in [4.69, 9.17) is 0 Å². The fraction of sp³-hybridized carbons (Fsp3) is 0.588. The van der Waals surface area contributed by atoms with Crippen LogP contribution in [-0.4, -0.2) is 33.6 Å². The van der Waals surface area contributed by atoms with Crippen molar-refractivity contribution in [2.24, 2.45) is 10.4 Å². The maximum atomic E-state index is 4.67. The number of hydrogen-bond donors (Lipinski definition) is 2. The fourth-order valence-corrected chi connectivity index (χ4v) is 3.19. The third-order valence-electron chi connectivity index (χ3n) is 4.60. The molecule has 1 fully saturated rings. The van der Waals surface area contributed by atoms with E-state index >= 15 is 0 Å². The first-order chi connectivity index (χ1) is 11.2. The lowest BCUT2D eigenvalue weighted by Gasteiger charge is -2.25. The van der Waals surface area contributed by atoms with E-state index < -0.39 is 0 Å². The number of nitrogens with one attached hydrogen (secondary N) is 2. The molecule has 0 amide bonds. The zero-order valence-corrected chi connectivity index (χ0v) is 16.8. The fourth-order valence-electron chi connectivity index (χ4n) is 3.19. The molecule has 2 aromatic heterocycles. The number of pyridine rings is 1. The van der Waals surface area contributed by atoms with Gasteiger partial charge in [0.2, 0.25) is 0 Å². The maximum Gasteiger partial charge on any atom is 0.191 e. The van der Waals surface area contributed by atoms with Crippen molar-refractivity contribution in [2.45, 2.75) is 46.1 Å². The van der Waals surface area contributed by atoms with Gasteiger partial charge >= 0.3 is 0 Å². The molecule has 1 aliphatic carbocycles. The highest BCUT2D eigenvalue weighted by atomic mass is 127. The number of guanidine groups is 1. The standard InChI is InChI=1S/C17H26N6.HI/c1-3-18-16(20-13-17(2)9-5-6-10-17)19-12-15-22-21-14-8-4-7-11-23(14)15;/h4,7-8,11H,3,5-6,9-10,12-13H2,1-2H3,(H2,18,19,20);1H. The quantitative estimate of drug-likeness (QED) is 0.425. The minimum absolute atomic E-state index is 0. The molecule has 2 aromatic rings. The van der Waals surface area contributed by atoms with E-state index in [9.17, 15) is 0 Å². The lowest BCUT2D eigenvalue weighted by molar-refractivity contribution is 0.334. The minimum Gasteiger partial charge on any atom is -0.357 e. The van der Waals surface area contributed by atoms with E-state index in [-0.39, 0.29) is 24.0 Å². The van der Waals surface area contributed by atoms with Crippen molar-refractivity contribution >= 4 is 35.6 Å². The molecule has 6 nitrogen and oxygen atoms in total. The largest absolute Gasteiger partial charge is 0.357 e. The van der Waals surface area contributed by atoms with Crippen LogP contribution >= 0.6 is 24.0 Å². The summed E-state index contributed by atoms with van der Waals surface area (Å²) in [7, 11) is 0. The van der Waals surface area contributed by atoms with Crippen LogP contribution in [0.5, 0.6) is 0 Å². The Bertz CT molecular complexity index is 675. The summed E-state index contributed by atoms with van der Waals surface area (Å²) in [6, 6.07) is 5.89. The Morgan fingerprint density at radius 2 is 2.04 bits per heavy atom. The number of nitrogens with zero attached hydrogens (tertiary/aromatic N) is 4. The Balaban J connectivity index is 0.00000208. The second-order valence-electron chi connectivity index (χ2n) is 6.61. The summed E-state index contributed by atoms with van der Waals surface area (Å²) < 4.78 is 1.98. The first-order valence-corrected chi connectivity index (χ1v) is 8.51. The summed E-state index contributed by atoms with van der Waals surface area (Å²) in [5.41, 5.74) is 1.26. The number of aliphatic imine (C=N–C) groups is 1. The summed E-state index contributed by atoms with van der Waals surface area (Å²) in [4.78, 5) is 4.67. The number of aromatic nitrogens is 3. The van der Waals surface area contributed by atoms with Crippen molar-refractivity contribution in [3.8, 4) is 0 Å². The van der Waals surface area contributed by atoms with E-state index in [1.165, 1.54) is 25.7 Å². The summed E-state index contributed by atoms with van der Waals surface area (Å²) in [5.74, 6) is 1.71. The third-order valence-corrected chi connectivity index (χ3v) is 4.60. The predicted octanol–water partition coefficient (Wildman–Crippen LogP) is 2.98. The van der Waals surface area contributed by atoms with Gasteiger partial charge in [-0.2, -0.15) is 0 Å². The summed E-state index contributed by atoms with van der Waals surface area (Å²) >= 11 is 0. The summed E-state index contributed by atoms with van der Waals surface area (Å²) in [6.07, 6.45) is 7.26. The Morgan fingerprint density at radius 3 is 2.79 bits per heavy atom. The molecular weight excluding hydrogens is 415 g/mol. The average molecular weight is 442 g/mol. The second kappa shape index (κ2) is 8.64. The Hall–Kier alpha value is -1.38. The zero-order chi connectivity index (χ0) is 16.1. The van der Waals surface area contributed by atoms with Crippen molar-refractivity contribution in [2.75, 3.05) is 13.1 Å². The number of fused-ring (bicyclic) bond motifs is 1. The monoisotopic (exact) mass is 442 g/mol. The second-order valence-corrected chi connectivity index (χ2v) is 6.61. The van der Waals surface area contributed by atoms with Crippen LogP contribution in [0.4, 0.5) is 0 Å². The van der Waals surface area contributed by atoms with Gasteiger partial charge in [-0.05, 0) is 37.3 Å². The molecule has 24 heavy (non-hydrogen) atoms. The maximum absolute atomic E-state index is 4.67. The molecule has 0 atom stereocenters. The first-order valence-electron chi connectivity index (χ1n) is 8.51. The van der Waals surface area contributed by atoms with Gasteiger partial charge in [-0.25, -0.2) is 4.99 Å². The van der Waals surface area contributed by atoms with Gasteiger partial charge in [0.15, 0.2) is 17.4 Å². The van der Waals surface area contributed by atoms with E-state index in [1.54, 1.807) is 0 Å². The summed E-state index contributed by atoms with van der Waals surface area (Å²) in [5, 5.41) is 15.2. The number of hydrogen-bond acceptors (Lipinski definition) is 3. The van der Waals surface area contributed by atoms with Gasteiger partial charge in [0.1, 0.15) is 6.54 Å². The van der Waals surface area contributed by atoms with E-state index in [0.717, 1.165) is 30.5 Å². The molecule has 132 valence electrons. The molecule has 0 radical (unpaired) electrons. The van der Waals surface area contributed by atoms with Crippen LogP contribution in [0.1, 0.15) is 45.4 Å². The van der Waals surface area contributed by atoms with Gasteiger partial charge < -0.3 is 10.6 Å². The SMILES string of the molecule is CCNC(=NCc1nnc2ccccn12)NCC1(C)CCCC1.I. The van der Waals surface area contributed by atoms with Crippen molar-refractivity contribution in [3.05, 3.63) is 30.2 Å². The van der Waals surface area contributed by atoms with Crippen molar-refractivity contribution in [3.63, 3.8) is 0 Å². The molecule has 2 heterocycles. The Labute approximate surface area is 160 Å². The van der Waals surface area contributed by atoms with Gasteiger partial charge in [0.05, 0.1) is 0 Å². The van der Waals surface area contributed by atoms with Crippen LogP contribution in [0, 0.1) is 5.41 Å². The minimum atomic E-state index is 0. The predicted molar refractivity (Wildman–Crippen MR) is 108 cm³/mol. The molecule has 7 heteroatoms. The zero-order valence-electron chi connectivity index (χ0n) is 14.5. The number of rotatable bonds is 5. The van der Waals surface area contributed by atoms with E-state index in [2.05, 4.69) is 39.7 Å². The highest BCUT2D eigenvalue weighted by Gasteiger charge is 2.28. The molecule has 0 saturated heterocycles. The van der Waals surface area contributed by atoms with Crippen LogP contribution in [0.3, 0.4) is 0 Å². The number of halogens is 1. The van der Waals surface area contributed by atoms with Crippen LogP contribution < -0.4 is 10.6 Å². The van der Waals surface area contributed by atoms with Gasteiger partial charge in [0, 0.05) is 19.3 Å². The molecule has 0 aromatic carbocycles. The van der Waals surface area contributed by atoms with E-state index in [1.807, 2.05) is 28.8 Å². The molecule has 0 aliphatic heterocycles. The first kappa shape index (κ1) is 19.0. The van der Waals surface area contributed by atoms with Crippen molar-refractivity contribution < 1.29 is 0 Å². The molecule has 0 spiro atoms. The lowest BCUT2D eigenvalue weighted by atomic mass is 9.89. The Kier molecular flexibility index (Phi) is 6.82. The molecule has 1 saturated carbocycles. The van der Waals surface area contributed by atoms with Gasteiger partial charge in [-0.1, -0.05) is 25.8 Å². The van der Waals surface area contributed by atoms with Crippen LogP contribution in [0.15, 0.2) is 29.4 Å². The van der Waals surface area contributed by atoms with Gasteiger partial charge in [-0.3, -0.25) is 4.40 Å². The van der Waals surface area contributed by atoms with Gasteiger partial charge in [0.25, 0.3) is 0 Å². The van der Waals surface area contributed by atoms with Crippen LogP contribution in [0.25, 0.3) is 5.65 Å². The van der Waals surface area contributed by atoms with Gasteiger partial charge in [-0.15, -0.1) is 34.2 Å². The lowest BCUT2D eigenvalue weighted by Crippen LogP contribution is -2.42. The average Bonchev–Trinajstić information content (AvgIpc) is 3.17. The van der Waals surface area contributed by atoms with Crippen molar-refractivity contribution in [1.82, 2.24) is 25.2 Å². The van der Waals surface area contributed by atoms with Crippen LogP contribution in [-0.2, 0) is 6.54 Å². The molecule has 1 aliphatic rings. The molecule has 0 bridgehead atoms.